The van der Waals surface area contributed by atoms with E-state index in [4.69, 9.17) is 11.6 Å². The second-order valence-corrected chi connectivity index (χ2v) is 8.99. The lowest BCUT2D eigenvalue weighted by atomic mass is 10.1. The molecule has 0 N–H and O–H groups in total. The first kappa shape index (κ1) is 24.8. The van der Waals surface area contributed by atoms with Crippen molar-refractivity contribution < 1.29 is 40.3 Å². The minimum atomic E-state index is -4.85. The minimum Gasteiger partial charge on any atom is -0.397 e. The number of hydrogen-bond acceptors (Lipinski definition) is 3. The maximum Gasteiger partial charge on any atom is 0.431 e. The van der Waals surface area contributed by atoms with Gasteiger partial charge in [0.05, 0.1) is 5.92 Å². The Bertz CT molecular complexity index is 852. The van der Waals surface area contributed by atoms with Crippen LogP contribution < -0.4 is 0 Å². The molecule has 0 bridgehead atoms. The number of thioether (sulfide) groups is 1. The Morgan fingerprint density at radius 3 is 2.33 bits per heavy atom. The van der Waals surface area contributed by atoms with Crippen molar-refractivity contribution in [1.29, 1.82) is 0 Å². The van der Waals surface area contributed by atoms with Gasteiger partial charge in [0.25, 0.3) is 0 Å². The van der Waals surface area contributed by atoms with Crippen LogP contribution in [-0.2, 0) is 21.4 Å². The molecule has 2 nitrogen and oxygen atoms in total. The molecule has 11 heteroatoms. The van der Waals surface area contributed by atoms with Crippen molar-refractivity contribution in [2.45, 2.75) is 38.8 Å². The Labute approximate surface area is 177 Å². The molecule has 0 amide bonds. The fraction of sp³-hybridized carbons (Fsp3) is 0.526. The van der Waals surface area contributed by atoms with Crippen molar-refractivity contribution >= 4 is 29.3 Å². The first-order chi connectivity index (χ1) is 13.6. The lowest BCUT2D eigenvalue weighted by Gasteiger charge is -2.19. The van der Waals surface area contributed by atoms with Crippen LogP contribution in [0.15, 0.2) is 23.2 Å². The molecule has 0 aromatic heterocycles. The largest absolute Gasteiger partial charge is 0.431 e. The third kappa shape index (κ3) is 5.07. The number of benzene rings is 1. The van der Waals surface area contributed by atoms with Gasteiger partial charge in [-0.25, -0.2) is 8.78 Å². The van der Waals surface area contributed by atoms with Gasteiger partial charge in [-0.05, 0) is 23.2 Å². The van der Waals surface area contributed by atoms with Crippen LogP contribution in [0.1, 0.15) is 31.9 Å². The van der Waals surface area contributed by atoms with E-state index in [1.807, 2.05) is 0 Å². The highest BCUT2D eigenvalue weighted by atomic mass is 35.5. The topological polar surface area (TPSA) is 26.3 Å². The van der Waals surface area contributed by atoms with Gasteiger partial charge in [0.2, 0.25) is 0 Å². The summed E-state index contributed by atoms with van der Waals surface area (Å²) in [6, 6.07) is 1.58. The SMILES string of the molecule is CCSCc1ccc(C(F)(F)OC(=O)C2C(C=C(Cl)C(F)(F)F)C2(C)C)c(F)c1F. The molecular formula is C19H18ClF7O2S. The summed E-state index contributed by atoms with van der Waals surface area (Å²) in [7, 11) is 0. The van der Waals surface area contributed by atoms with Gasteiger partial charge in [-0.3, -0.25) is 4.79 Å². The highest BCUT2D eigenvalue weighted by Crippen LogP contribution is 2.61. The van der Waals surface area contributed by atoms with E-state index in [2.05, 4.69) is 4.74 Å². The van der Waals surface area contributed by atoms with Crippen LogP contribution in [0.4, 0.5) is 30.7 Å². The maximum absolute atomic E-state index is 14.4. The van der Waals surface area contributed by atoms with Gasteiger partial charge in [-0.15, -0.1) is 0 Å². The molecule has 2 rings (SSSR count). The number of allylic oxidation sites excluding steroid dienone is 2. The van der Waals surface area contributed by atoms with Gasteiger partial charge in [-0.1, -0.05) is 44.5 Å². The zero-order valence-electron chi connectivity index (χ0n) is 16.0. The molecule has 0 radical (unpaired) electrons. The number of ether oxygens (including phenoxy) is 1. The molecule has 1 aromatic rings. The molecule has 0 aliphatic heterocycles. The number of rotatable bonds is 7. The van der Waals surface area contributed by atoms with E-state index >= 15 is 0 Å². The van der Waals surface area contributed by atoms with Crippen LogP contribution >= 0.6 is 23.4 Å². The van der Waals surface area contributed by atoms with Crippen LogP contribution in [0.5, 0.6) is 0 Å². The van der Waals surface area contributed by atoms with Crippen molar-refractivity contribution in [2.75, 3.05) is 5.75 Å². The van der Waals surface area contributed by atoms with Gasteiger partial charge >= 0.3 is 18.3 Å². The van der Waals surface area contributed by atoms with Gasteiger partial charge in [-0.2, -0.15) is 33.7 Å². The Morgan fingerprint density at radius 2 is 1.80 bits per heavy atom. The molecule has 2 atom stereocenters. The van der Waals surface area contributed by atoms with E-state index < -0.39 is 57.7 Å². The number of carbonyl (C=O) groups excluding carboxylic acids is 1. The summed E-state index contributed by atoms with van der Waals surface area (Å²) in [5.74, 6) is -6.67. The predicted molar refractivity (Wildman–Crippen MR) is 98.9 cm³/mol. The van der Waals surface area contributed by atoms with E-state index in [1.165, 1.54) is 25.6 Å². The summed E-state index contributed by atoms with van der Waals surface area (Å²) in [6.45, 7) is 4.53. The standard InChI is InChI=1S/C19H18ClF7O2S/c1-4-30-8-9-5-6-10(15(22)14(9)21)19(26,27)29-16(28)13-11(17(13,2)3)7-12(20)18(23,24)25/h5-7,11,13H,4,8H2,1-3H3. The Kier molecular flexibility index (Phi) is 7.13. The average Bonchev–Trinajstić information content (AvgIpc) is 3.15. The molecule has 1 aliphatic carbocycles. The average molecular weight is 479 g/mol. The normalized spacial score (nSPS) is 21.5. The van der Waals surface area contributed by atoms with E-state index in [0.29, 0.717) is 17.9 Å². The zero-order chi connectivity index (χ0) is 23.1. The van der Waals surface area contributed by atoms with E-state index in [0.717, 1.165) is 6.07 Å². The van der Waals surface area contributed by atoms with Crippen molar-refractivity contribution in [2.24, 2.45) is 17.3 Å². The summed E-state index contributed by atoms with van der Waals surface area (Å²) in [4.78, 5) is 12.2. The lowest BCUT2D eigenvalue weighted by Crippen LogP contribution is -2.26. The third-order valence-corrected chi connectivity index (χ3v) is 6.19. The fourth-order valence-corrected chi connectivity index (χ4v) is 3.86. The molecule has 0 heterocycles. The van der Waals surface area contributed by atoms with Gasteiger partial charge in [0.1, 0.15) is 10.6 Å². The monoisotopic (exact) mass is 478 g/mol. The summed E-state index contributed by atoms with van der Waals surface area (Å²) in [5, 5.41) is -1.49. The first-order valence-corrected chi connectivity index (χ1v) is 10.3. The summed E-state index contributed by atoms with van der Waals surface area (Å²) < 4.78 is 98.9. The molecule has 1 saturated carbocycles. The Hall–Kier alpha value is -1.42. The van der Waals surface area contributed by atoms with E-state index in [1.54, 1.807) is 6.92 Å². The van der Waals surface area contributed by atoms with Crippen LogP contribution in [0, 0.1) is 28.9 Å². The molecule has 0 spiro atoms. The second-order valence-electron chi connectivity index (χ2n) is 7.31. The number of halogens is 8. The molecule has 0 saturated heterocycles. The molecule has 1 aliphatic rings. The van der Waals surface area contributed by atoms with Gasteiger partial charge in [0, 0.05) is 11.3 Å². The molecule has 168 valence electrons. The second kappa shape index (κ2) is 8.61. The van der Waals surface area contributed by atoms with Crippen LogP contribution in [0.25, 0.3) is 0 Å². The van der Waals surface area contributed by atoms with Crippen LogP contribution in [-0.4, -0.2) is 17.9 Å². The summed E-state index contributed by atoms with van der Waals surface area (Å²) in [6.07, 6.45) is -8.80. The lowest BCUT2D eigenvalue weighted by molar-refractivity contribution is -0.243. The van der Waals surface area contributed by atoms with Crippen LogP contribution in [0.3, 0.4) is 0 Å². The van der Waals surface area contributed by atoms with Crippen molar-refractivity contribution in [3.63, 3.8) is 0 Å². The predicted octanol–water partition coefficient (Wildman–Crippen LogP) is 6.77. The highest BCUT2D eigenvalue weighted by Gasteiger charge is 2.63. The quantitative estimate of drug-likeness (QED) is 0.319. The van der Waals surface area contributed by atoms with Crippen molar-refractivity contribution in [1.82, 2.24) is 0 Å². The van der Waals surface area contributed by atoms with Gasteiger partial charge in [0.15, 0.2) is 11.6 Å². The molecule has 30 heavy (non-hydrogen) atoms. The molecular weight excluding hydrogens is 461 g/mol. The van der Waals surface area contributed by atoms with Crippen LogP contribution in [0.2, 0.25) is 0 Å². The zero-order valence-corrected chi connectivity index (χ0v) is 17.6. The number of hydrogen-bond donors (Lipinski definition) is 0. The smallest absolute Gasteiger partial charge is 0.397 e. The van der Waals surface area contributed by atoms with Crippen molar-refractivity contribution in [3.8, 4) is 0 Å². The first-order valence-electron chi connectivity index (χ1n) is 8.74. The number of alkyl halides is 5. The maximum atomic E-state index is 14.4. The molecule has 1 aromatic carbocycles. The van der Waals surface area contributed by atoms with E-state index in [9.17, 15) is 35.5 Å². The van der Waals surface area contributed by atoms with E-state index in [-0.39, 0.29) is 11.3 Å². The Morgan fingerprint density at radius 1 is 1.20 bits per heavy atom. The summed E-state index contributed by atoms with van der Waals surface area (Å²) >= 11 is 6.40. The third-order valence-electron chi connectivity index (χ3n) is 4.93. The fourth-order valence-electron chi connectivity index (χ4n) is 3.07. The minimum absolute atomic E-state index is 0.0646. The van der Waals surface area contributed by atoms with Crippen molar-refractivity contribution in [3.05, 3.63) is 46.0 Å². The molecule has 1 fully saturated rings. The highest BCUT2D eigenvalue weighted by molar-refractivity contribution is 7.98. The molecule has 2 unspecified atom stereocenters. The Balaban J connectivity index is 2.21. The summed E-state index contributed by atoms with van der Waals surface area (Å²) in [5.41, 5.74) is -2.73. The van der Waals surface area contributed by atoms with Gasteiger partial charge < -0.3 is 4.74 Å². The number of esters is 1. The number of carbonyl (C=O) groups is 1.